The van der Waals surface area contributed by atoms with Gasteiger partial charge in [0.1, 0.15) is 11.4 Å². The van der Waals surface area contributed by atoms with E-state index in [1.54, 1.807) is 50.4 Å². The number of hydrogen-bond acceptors (Lipinski definition) is 4. The Kier molecular flexibility index (Phi) is 4.62. The van der Waals surface area contributed by atoms with Crippen molar-refractivity contribution in [2.75, 3.05) is 5.32 Å². The van der Waals surface area contributed by atoms with Crippen molar-refractivity contribution in [3.63, 3.8) is 0 Å². The van der Waals surface area contributed by atoms with Crippen LogP contribution in [0.15, 0.2) is 65.7 Å². The number of benzene rings is 1. The summed E-state index contributed by atoms with van der Waals surface area (Å²) in [7, 11) is 0. The number of hydrogen-bond donors (Lipinski definition) is 1. The van der Waals surface area contributed by atoms with Crippen molar-refractivity contribution < 1.29 is 9.18 Å². The van der Waals surface area contributed by atoms with E-state index in [2.05, 4.69) is 15.4 Å². The van der Waals surface area contributed by atoms with E-state index in [0.717, 1.165) is 4.68 Å². The van der Waals surface area contributed by atoms with Crippen LogP contribution in [-0.4, -0.2) is 20.7 Å². The number of pyridine rings is 1. The van der Waals surface area contributed by atoms with Gasteiger partial charge in [-0.05, 0) is 56.3 Å². The molecule has 0 bridgehead atoms. The number of halogens is 1. The maximum atomic E-state index is 13.1. The summed E-state index contributed by atoms with van der Waals surface area (Å²) in [5, 5.41) is 7.04. The summed E-state index contributed by atoms with van der Waals surface area (Å²) in [5.41, 5.74) is -0.0332. The molecule has 1 aromatic carbocycles. The molecule has 132 valence electrons. The molecule has 0 fully saturated rings. The molecule has 0 saturated carbocycles. The Labute approximate surface area is 149 Å². The molecule has 0 radical (unpaired) electrons. The number of nitrogens with one attached hydrogen (secondary N) is 1. The zero-order valence-corrected chi connectivity index (χ0v) is 14.3. The van der Waals surface area contributed by atoms with Crippen molar-refractivity contribution in [3.8, 4) is 11.3 Å². The summed E-state index contributed by atoms with van der Waals surface area (Å²) in [6, 6.07) is 12.0. The molecule has 0 spiro atoms. The van der Waals surface area contributed by atoms with E-state index in [1.807, 2.05) is 0 Å². The van der Waals surface area contributed by atoms with E-state index in [4.69, 9.17) is 0 Å². The third-order valence-corrected chi connectivity index (χ3v) is 3.94. The Bertz CT molecular complexity index is 982. The van der Waals surface area contributed by atoms with Crippen LogP contribution < -0.4 is 10.9 Å². The van der Waals surface area contributed by atoms with Gasteiger partial charge >= 0.3 is 0 Å². The number of rotatable bonds is 4. The summed E-state index contributed by atoms with van der Waals surface area (Å²) in [6.45, 7) is 3.20. The monoisotopic (exact) mass is 352 g/mol. The third-order valence-electron chi connectivity index (χ3n) is 3.94. The van der Waals surface area contributed by atoms with Crippen molar-refractivity contribution >= 4 is 11.6 Å². The average molecular weight is 352 g/mol. The van der Waals surface area contributed by atoms with Gasteiger partial charge in [-0.2, -0.15) is 5.10 Å². The molecule has 0 aliphatic heterocycles. The van der Waals surface area contributed by atoms with Crippen molar-refractivity contribution in [1.82, 2.24) is 14.8 Å². The van der Waals surface area contributed by atoms with Gasteiger partial charge in [-0.15, -0.1) is 0 Å². The Balaban J connectivity index is 1.96. The van der Waals surface area contributed by atoms with Gasteiger partial charge in [0.15, 0.2) is 0 Å². The second-order valence-electron chi connectivity index (χ2n) is 6.23. The average Bonchev–Trinajstić information content (AvgIpc) is 2.63. The van der Waals surface area contributed by atoms with Crippen molar-refractivity contribution in [2.45, 2.75) is 19.4 Å². The number of amides is 1. The van der Waals surface area contributed by atoms with E-state index in [-0.39, 0.29) is 5.82 Å². The zero-order chi connectivity index (χ0) is 18.7. The summed E-state index contributed by atoms with van der Waals surface area (Å²) in [6.07, 6.45) is 3.11. The fourth-order valence-electron chi connectivity index (χ4n) is 2.40. The molecule has 7 heteroatoms. The Morgan fingerprint density at radius 3 is 2.50 bits per heavy atom. The van der Waals surface area contributed by atoms with Gasteiger partial charge in [0, 0.05) is 17.8 Å². The van der Waals surface area contributed by atoms with Gasteiger partial charge in [0.25, 0.3) is 11.5 Å². The minimum Gasteiger partial charge on any atom is -0.323 e. The summed E-state index contributed by atoms with van der Waals surface area (Å²) < 4.78 is 14.2. The first-order valence-corrected chi connectivity index (χ1v) is 7.96. The molecule has 26 heavy (non-hydrogen) atoms. The Hall–Kier alpha value is -3.35. The lowest BCUT2D eigenvalue weighted by Crippen LogP contribution is -2.47. The zero-order valence-electron chi connectivity index (χ0n) is 14.3. The maximum Gasteiger partial charge on any atom is 0.267 e. The SMILES string of the molecule is CC(C)(C(=O)Nc1cccnc1)n1nc(-c2ccc(F)cc2)ccc1=O. The highest BCUT2D eigenvalue weighted by Gasteiger charge is 2.32. The van der Waals surface area contributed by atoms with Gasteiger partial charge in [0.05, 0.1) is 17.6 Å². The predicted octanol–water partition coefficient (Wildman–Crippen LogP) is 2.82. The van der Waals surface area contributed by atoms with Crippen LogP contribution in [0.4, 0.5) is 10.1 Å². The van der Waals surface area contributed by atoms with Crippen LogP contribution in [0, 0.1) is 5.82 Å². The first-order valence-electron chi connectivity index (χ1n) is 7.96. The third kappa shape index (κ3) is 3.51. The number of anilines is 1. The first-order chi connectivity index (χ1) is 12.4. The lowest BCUT2D eigenvalue weighted by Gasteiger charge is -2.25. The topological polar surface area (TPSA) is 76.9 Å². The van der Waals surface area contributed by atoms with E-state index >= 15 is 0 Å². The van der Waals surface area contributed by atoms with Gasteiger partial charge in [-0.3, -0.25) is 14.6 Å². The van der Waals surface area contributed by atoms with Crippen LogP contribution in [0.25, 0.3) is 11.3 Å². The highest BCUT2D eigenvalue weighted by Crippen LogP contribution is 2.19. The molecule has 0 saturated heterocycles. The molecule has 0 aliphatic rings. The molecule has 1 amide bonds. The van der Waals surface area contributed by atoms with Crippen LogP contribution >= 0.6 is 0 Å². The van der Waals surface area contributed by atoms with Gasteiger partial charge in [-0.1, -0.05) is 0 Å². The summed E-state index contributed by atoms with van der Waals surface area (Å²) in [4.78, 5) is 28.9. The number of carbonyl (C=O) groups excluding carboxylic acids is 1. The minimum atomic E-state index is -1.25. The molecular formula is C19H17FN4O2. The predicted molar refractivity (Wildman–Crippen MR) is 96.1 cm³/mol. The molecule has 2 aromatic heterocycles. The molecule has 2 heterocycles. The fraction of sp³-hybridized carbons (Fsp3) is 0.158. The van der Waals surface area contributed by atoms with Crippen LogP contribution in [0.5, 0.6) is 0 Å². The van der Waals surface area contributed by atoms with E-state index in [9.17, 15) is 14.0 Å². The van der Waals surface area contributed by atoms with Crippen LogP contribution in [0.1, 0.15) is 13.8 Å². The molecule has 6 nitrogen and oxygen atoms in total. The number of carbonyl (C=O) groups is 1. The molecule has 0 atom stereocenters. The van der Waals surface area contributed by atoms with Crippen molar-refractivity contribution in [1.29, 1.82) is 0 Å². The van der Waals surface area contributed by atoms with Gasteiger partial charge in [-0.25, -0.2) is 9.07 Å². The van der Waals surface area contributed by atoms with Crippen LogP contribution in [0.2, 0.25) is 0 Å². The lowest BCUT2D eigenvalue weighted by molar-refractivity contribution is -0.123. The molecule has 3 rings (SSSR count). The standard InChI is InChI=1S/C19H17FN4O2/c1-19(2,18(26)22-15-4-3-11-21-12-15)24-17(25)10-9-16(23-24)13-5-7-14(20)8-6-13/h3-12H,1-2H3,(H,22,26). The van der Waals surface area contributed by atoms with E-state index in [1.165, 1.54) is 24.4 Å². The van der Waals surface area contributed by atoms with E-state index < -0.39 is 17.0 Å². The highest BCUT2D eigenvalue weighted by atomic mass is 19.1. The number of nitrogens with zero attached hydrogens (tertiary/aromatic N) is 3. The van der Waals surface area contributed by atoms with Crippen molar-refractivity contribution in [2.24, 2.45) is 0 Å². The largest absolute Gasteiger partial charge is 0.323 e. The molecular weight excluding hydrogens is 335 g/mol. The Morgan fingerprint density at radius 2 is 1.85 bits per heavy atom. The molecule has 0 aliphatic carbocycles. The Morgan fingerprint density at radius 1 is 1.12 bits per heavy atom. The number of aromatic nitrogens is 3. The maximum absolute atomic E-state index is 13.1. The lowest BCUT2D eigenvalue weighted by atomic mass is 10.0. The second-order valence-corrected chi connectivity index (χ2v) is 6.23. The van der Waals surface area contributed by atoms with E-state index in [0.29, 0.717) is 16.9 Å². The minimum absolute atomic E-state index is 0.363. The second kappa shape index (κ2) is 6.87. The molecule has 0 unspecified atom stereocenters. The van der Waals surface area contributed by atoms with Crippen LogP contribution in [0.3, 0.4) is 0 Å². The molecule has 3 aromatic rings. The van der Waals surface area contributed by atoms with Gasteiger partial charge in [0.2, 0.25) is 0 Å². The molecule has 1 N–H and O–H groups in total. The summed E-state index contributed by atoms with van der Waals surface area (Å²) >= 11 is 0. The van der Waals surface area contributed by atoms with Crippen LogP contribution in [-0.2, 0) is 10.3 Å². The normalized spacial score (nSPS) is 11.2. The fourth-order valence-corrected chi connectivity index (χ4v) is 2.40. The summed E-state index contributed by atoms with van der Waals surface area (Å²) in [5.74, 6) is -0.769. The first kappa shape index (κ1) is 17.5. The van der Waals surface area contributed by atoms with Gasteiger partial charge < -0.3 is 5.32 Å². The quantitative estimate of drug-likeness (QED) is 0.783. The highest BCUT2D eigenvalue weighted by molar-refractivity contribution is 5.95. The van der Waals surface area contributed by atoms with Crippen molar-refractivity contribution in [3.05, 3.63) is 77.1 Å². The smallest absolute Gasteiger partial charge is 0.267 e.